The summed E-state index contributed by atoms with van der Waals surface area (Å²) in [5.74, 6) is 0.652. The quantitative estimate of drug-likeness (QED) is 0.895. The summed E-state index contributed by atoms with van der Waals surface area (Å²) in [6, 6.07) is 6.24. The van der Waals surface area contributed by atoms with Crippen molar-refractivity contribution in [2.45, 2.75) is 45.7 Å². The minimum absolute atomic E-state index is 0.0963. The molecule has 1 heterocycles. The van der Waals surface area contributed by atoms with Gasteiger partial charge in [-0.25, -0.2) is 4.39 Å². The first-order chi connectivity index (χ1) is 9.02. The van der Waals surface area contributed by atoms with Gasteiger partial charge in [-0.05, 0) is 57.4 Å². The van der Waals surface area contributed by atoms with E-state index in [9.17, 15) is 4.39 Å². The fourth-order valence-electron chi connectivity index (χ4n) is 2.96. The molecule has 3 atom stereocenters. The molecule has 3 unspecified atom stereocenters. The van der Waals surface area contributed by atoms with Gasteiger partial charge in [-0.15, -0.1) is 0 Å². The van der Waals surface area contributed by atoms with Gasteiger partial charge in [0.2, 0.25) is 0 Å². The molecule has 0 radical (unpaired) electrons. The van der Waals surface area contributed by atoms with E-state index in [0.29, 0.717) is 6.04 Å². The lowest BCUT2D eigenvalue weighted by Gasteiger charge is -2.38. The number of halogens is 1. The molecule has 1 fully saturated rings. The monoisotopic (exact) mass is 264 g/mol. The second kappa shape index (κ2) is 5.91. The molecule has 0 aliphatic carbocycles. The van der Waals surface area contributed by atoms with Gasteiger partial charge in [0.15, 0.2) is 0 Å². The van der Waals surface area contributed by atoms with Crippen molar-refractivity contribution in [2.75, 3.05) is 18.5 Å². The number of benzene rings is 1. The predicted molar refractivity (Wildman–Crippen MR) is 79.1 cm³/mol. The maximum atomic E-state index is 14.3. The van der Waals surface area contributed by atoms with Crippen molar-refractivity contribution >= 4 is 5.69 Å². The summed E-state index contributed by atoms with van der Waals surface area (Å²) in [5, 5.41) is 3.14. The molecule has 19 heavy (non-hydrogen) atoms. The number of nitrogens with zero attached hydrogens (tertiary/aromatic N) is 1. The van der Waals surface area contributed by atoms with E-state index in [-0.39, 0.29) is 11.9 Å². The molecule has 1 N–H and O–H groups in total. The fourth-order valence-corrected chi connectivity index (χ4v) is 2.96. The van der Waals surface area contributed by atoms with Gasteiger partial charge in [-0.2, -0.15) is 0 Å². The highest BCUT2D eigenvalue weighted by Gasteiger charge is 2.25. The third-order valence-corrected chi connectivity index (χ3v) is 4.35. The molecule has 0 spiro atoms. The van der Waals surface area contributed by atoms with Crippen LogP contribution >= 0.6 is 0 Å². The van der Waals surface area contributed by atoms with E-state index in [4.69, 9.17) is 0 Å². The predicted octanol–water partition coefficient (Wildman–Crippen LogP) is 3.73. The summed E-state index contributed by atoms with van der Waals surface area (Å²) >= 11 is 0. The Bertz CT molecular complexity index is 433. The van der Waals surface area contributed by atoms with Crippen molar-refractivity contribution in [3.63, 3.8) is 0 Å². The van der Waals surface area contributed by atoms with Crippen LogP contribution in [0.4, 0.5) is 10.1 Å². The Morgan fingerprint density at radius 3 is 2.68 bits per heavy atom. The largest absolute Gasteiger partial charge is 0.366 e. The highest BCUT2D eigenvalue weighted by molar-refractivity contribution is 5.50. The Labute approximate surface area is 116 Å². The van der Waals surface area contributed by atoms with E-state index in [1.54, 1.807) is 6.07 Å². The minimum atomic E-state index is -0.0963. The number of nitrogens with one attached hydrogen (secondary N) is 1. The summed E-state index contributed by atoms with van der Waals surface area (Å²) in [5.41, 5.74) is 1.76. The van der Waals surface area contributed by atoms with Crippen LogP contribution in [0.1, 0.15) is 45.2 Å². The molecule has 1 aliphatic heterocycles. The first kappa shape index (κ1) is 14.3. The van der Waals surface area contributed by atoms with Crippen molar-refractivity contribution in [2.24, 2.45) is 5.92 Å². The molecule has 1 aromatic carbocycles. The van der Waals surface area contributed by atoms with Gasteiger partial charge in [-0.1, -0.05) is 13.0 Å². The van der Waals surface area contributed by atoms with Crippen LogP contribution in [0.25, 0.3) is 0 Å². The molecule has 0 amide bonds. The van der Waals surface area contributed by atoms with Crippen LogP contribution < -0.4 is 10.2 Å². The van der Waals surface area contributed by atoms with Crippen molar-refractivity contribution in [3.8, 4) is 0 Å². The maximum Gasteiger partial charge on any atom is 0.146 e. The second-order valence-corrected chi connectivity index (χ2v) is 5.89. The number of piperidine rings is 1. The van der Waals surface area contributed by atoms with Crippen LogP contribution in [0.2, 0.25) is 0 Å². The molecule has 2 rings (SSSR count). The number of hydrogen-bond donors (Lipinski definition) is 1. The Hall–Kier alpha value is -1.09. The van der Waals surface area contributed by atoms with Crippen LogP contribution in [-0.4, -0.2) is 19.6 Å². The van der Waals surface area contributed by atoms with E-state index < -0.39 is 0 Å². The van der Waals surface area contributed by atoms with Crippen molar-refractivity contribution < 1.29 is 4.39 Å². The molecular weight excluding hydrogens is 239 g/mol. The molecule has 106 valence electrons. The van der Waals surface area contributed by atoms with Gasteiger partial charge in [-0.3, -0.25) is 0 Å². The first-order valence-electron chi connectivity index (χ1n) is 7.26. The Kier molecular flexibility index (Phi) is 4.46. The zero-order chi connectivity index (χ0) is 14.0. The summed E-state index contributed by atoms with van der Waals surface area (Å²) in [7, 11) is 1.89. The normalized spacial score (nSPS) is 25.4. The Morgan fingerprint density at radius 2 is 2.11 bits per heavy atom. The van der Waals surface area contributed by atoms with Crippen LogP contribution in [0, 0.1) is 11.7 Å². The average Bonchev–Trinajstić information content (AvgIpc) is 2.38. The van der Waals surface area contributed by atoms with E-state index >= 15 is 0 Å². The summed E-state index contributed by atoms with van der Waals surface area (Å²) in [6.07, 6.45) is 2.30. The second-order valence-electron chi connectivity index (χ2n) is 5.89. The molecule has 2 nitrogen and oxygen atoms in total. The van der Waals surface area contributed by atoms with Gasteiger partial charge in [0.25, 0.3) is 0 Å². The van der Waals surface area contributed by atoms with Gasteiger partial charge >= 0.3 is 0 Å². The minimum Gasteiger partial charge on any atom is -0.366 e. The lowest BCUT2D eigenvalue weighted by molar-refractivity contribution is 0.374. The summed E-state index contributed by atoms with van der Waals surface area (Å²) < 4.78 is 14.3. The molecule has 1 saturated heterocycles. The van der Waals surface area contributed by atoms with E-state index in [1.807, 2.05) is 26.1 Å². The number of rotatable bonds is 3. The molecule has 0 aromatic heterocycles. The first-order valence-corrected chi connectivity index (χ1v) is 7.26. The van der Waals surface area contributed by atoms with Crippen molar-refractivity contribution in [1.82, 2.24) is 5.32 Å². The molecular formula is C16H25FN2. The smallest absolute Gasteiger partial charge is 0.146 e. The third-order valence-electron chi connectivity index (χ3n) is 4.35. The van der Waals surface area contributed by atoms with E-state index in [1.165, 1.54) is 0 Å². The molecule has 1 aliphatic rings. The van der Waals surface area contributed by atoms with Gasteiger partial charge < -0.3 is 10.2 Å². The highest BCUT2D eigenvalue weighted by Crippen LogP contribution is 2.30. The van der Waals surface area contributed by atoms with Gasteiger partial charge in [0.1, 0.15) is 5.82 Å². The standard InChI is InChI=1S/C16H25FN2/c1-11-7-8-19(12(2)9-11)16-6-5-14(10-15(16)17)13(3)18-4/h5-6,10-13,18H,7-9H2,1-4H3. The zero-order valence-electron chi connectivity index (χ0n) is 12.4. The topological polar surface area (TPSA) is 15.3 Å². The summed E-state index contributed by atoms with van der Waals surface area (Å²) in [4.78, 5) is 2.21. The summed E-state index contributed by atoms with van der Waals surface area (Å²) in [6.45, 7) is 7.47. The molecule has 0 bridgehead atoms. The van der Waals surface area contributed by atoms with Crippen molar-refractivity contribution in [3.05, 3.63) is 29.6 Å². The highest BCUT2D eigenvalue weighted by atomic mass is 19.1. The Balaban J connectivity index is 2.21. The molecule has 1 aromatic rings. The molecule has 0 saturated carbocycles. The maximum absolute atomic E-state index is 14.3. The van der Waals surface area contributed by atoms with Gasteiger partial charge in [0.05, 0.1) is 5.69 Å². The van der Waals surface area contributed by atoms with E-state index in [0.717, 1.165) is 36.6 Å². The third kappa shape index (κ3) is 3.08. The van der Waals surface area contributed by atoms with Crippen molar-refractivity contribution in [1.29, 1.82) is 0 Å². The zero-order valence-corrected chi connectivity index (χ0v) is 12.4. The SMILES string of the molecule is CNC(C)c1ccc(N2CCC(C)CC2C)c(F)c1. The number of hydrogen-bond acceptors (Lipinski definition) is 2. The lowest BCUT2D eigenvalue weighted by atomic mass is 9.92. The van der Waals surface area contributed by atoms with Crippen LogP contribution in [0.15, 0.2) is 18.2 Å². The Morgan fingerprint density at radius 1 is 1.37 bits per heavy atom. The number of anilines is 1. The van der Waals surface area contributed by atoms with Gasteiger partial charge in [0, 0.05) is 18.6 Å². The average molecular weight is 264 g/mol. The van der Waals surface area contributed by atoms with Crippen LogP contribution in [-0.2, 0) is 0 Å². The van der Waals surface area contributed by atoms with Crippen LogP contribution in [0.3, 0.4) is 0 Å². The van der Waals surface area contributed by atoms with Crippen LogP contribution in [0.5, 0.6) is 0 Å². The lowest BCUT2D eigenvalue weighted by Crippen LogP contribution is -2.40. The van der Waals surface area contributed by atoms with E-state index in [2.05, 4.69) is 24.1 Å². The fraction of sp³-hybridized carbons (Fsp3) is 0.625. The molecule has 3 heteroatoms.